The average Bonchev–Trinajstić information content (AvgIpc) is 3.30. The van der Waals surface area contributed by atoms with E-state index in [9.17, 15) is 4.79 Å². The highest BCUT2D eigenvalue weighted by molar-refractivity contribution is 5.73. The fraction of sp³-hybridized carbons (Fsp3) is 0.526. The predicted molar refractivity (Wildman–Crippen MR) is 94.0 cm³/mol. The Labute approximate surface area is 148 Å². The molecule has 1 aliphatic carbocycles. The van der Waals surface area contributed by atoms with Crippen molar-refractivity contribution in [2.45, 2.75) is 52.0 Å². The van der Waals surface area contributed by atoms with Gasteiger partial charge in [0.1, 0.15) is 11.8 Å². The quantitative estimate of drug-likeness (QED) is 0.825. The number of benzene rings is 1. The third kappa shape index (κ3) is 4.38. The first-order valence-corrected chi connectivity index (χ1v) is 9.01. The van der Waals surface area contributed by atoms with Gasteiger partial charge < -0.3 is 14.6 Å². The lowest BCUT2D eigenvalue weighted by Gasteiger charge is -2.20. The summed E-state index contributed by atoms with van der Waals surface area (Å²) in [5.41, 5.74) is 0.844. The molecule has 1 fully saturated rings. The Morgan fingerprint density at radius 1 is 1.40 bits per heavy atom. The third-order valence-electron chi connectivity index (χ3n) is 4.50. The number of carbonyl (C=O) groups is 1. The number of amides is 1. The van der Waals surface area contributed by atoms with E-state index < -0.39 is 0 Å². The molecule has 1 unspecified atom stereocenters. The second-order valence-corrected chi connectivity index (χ2v) is 6.56. The van der Waals surface area contributed by atoms with Gasteiger partial charge in [-0.15, -0.1) is 0 Å². The van der Waals surface area contributed by atoms with Crippen LogP contribution >= 0.6 is 0 Å². The Hall–Kier alpha value is -2.37. The van der Waals surface area contributed by atoms with Gasteiger partial charge in [-0.25, -0.2) is 0 Å². The van der Waals surface area contributed by atoms with Crippen LogP contribution in [0.2, 0.25) is 0 Å². The standard InChI is InChI=1S/C19H25N3O3/c1-3-11-24-16-10-6-9-15(12-16)18-21-19(25-22-18)17(20-13(2)23)14-7-4-5-8-14/h6,9-10,12,14,17H,3-5,7-8,11H2,1-2H3,(H,20,23). The molecule has 134 valence electrons. The van der Waals surface area contributed by atoms with Crippen molar-refractivity contribution >= 4 is 5.91 Å². The van der Waals surface area contributed by atoms with Gasteiger partial charge in [-0.3, -0.25) is 4.79 Å². The second kappa shape index (κ2) is 8.14. The number of nitrogens with one attached hydrogen (secondary N) is 1. The summed E-state index contributed by atoms with van der Waals surface area (Å²) in [7, 11) is 0. The molecule has 0 saturated heterocycles. The van der Waals surface area contributed by atoms with Crippen molar-refractivity contribution in [2.75, 3.05) is 6.61 Å². The summed E-state index contributed by atoms with van der Waals surface area (Å²) in [5, 5.41) is 7.10. The van der Waals surface area contributed by atoms with Crippen LogP contribution in [0.25, 0.3) is 11.4 Å². The maximum absolute atomic E-state index is 11.6. The van der Waals surface area contributed by atoms with Gasteiger partial charge in [-0.1, -0.05) is 37.1 Å². The lowest BCUT2D eigenvalue weighted by molar-refractivity contribution is -0.120. The highest BCUT2D eigenvalue weighted by Gasteiger charge is 2.31. The highest BCUT2D eigenvalue weighted by Crippen LogP contribution is 2.35. The third-order valence-corrected chi connectivity index (χ3v) is 4.50. The van der Waals surface area contributed by atoms with Gasteiger partial charge in [0.15, 0.2) is 0 Å². The molecule has 1 aromatic carbocycles. The smallest absolute Gasteiger partial charge is 0.249 e. The lowest BCUT2D eigenvalue weighted by Crippen LogP contribution is -2.31. The maximum atomic E-state index is 11.6. The van der Waals surface area contributed by atoms with Gasteiger partial charge in [0.25, 0.3) is 0 Å². The Morgan fingerprint density at radius 2 is 2.20 bits per heavy atom. The lowest BCUT2D eigenvalue weighted by atomic mass is 9.98. The Morgan fingerprint density at radius 3 is 2.92 bits per heavy atom. The minimum Gasteiger partial charge on any atom is -0.494 e. The van der Waals surface area contributed by atoms with Crippen molar-refractivity contribution in [2.24, 2.45) is 5.92 Å². The average molecular weight is 343 g/mol. The molecule has 1 N–H and O–H groups in total. The van der Waals surface area contributed by atoms with E-state index >= 15 is 0 Å². The van der Waals surface area contributed by atoms with Crippen LogP contribution in [-0.2, 0) is 4.79 Å². The van der Waals surface area contributed by atoms with Crippen LogP contribution < -0.4 is 10.1 Å². The second-order valence-electron chi connectivity index (χ2n) is 6.56. The SMILES string of the molecule is CCCOc1cccc(-c2noc(C(NC(C)=O)C3CCCC3)n2)c1. The topological polar surface area (TPSA) is 77.3 Å². The van der Waals surface area contributed by atoms with Crippen LogP contribution in [-0.4, -0.2) is 22.7 Å². The summed E-state index contributed by atoms with van der Waals surface area (Å²) in [6.07, 6.45) is 5.46. The number of hydrogen-bond acceptors (Lipinski definition) is 5. The van der Waals surface area contributed by atoms with E-state index in [2.05, 4.69) is 22.4 Å². The Bertz CT molecular complexity index is 707. The Kier molecular flexibility index (Phi) is 5.68. The van der Waals surface area contributed by atoms with E-state index in [1.165, 1.54) is 19.8 Å². The molecule has 1 aromatic heterocycles. The molecule has 1 aliphatic rings. The van der Waals surface area contributed by atoms with Crippen LogP contribution in [0.1, 0.15) is 57.9 Å². The molecule has 0 spiro atoms. The van der Waals surface area contributed by atoms with Crippen molar-refractivity contribution in [3.8, 4) is 17.1 Å². The van der Waals surface area contributed by atoms with E-state index in [1.807, 2.05) is 24.3 Å². The number of aromatic nitrogens is 2. The van der Waals surface area contributed by atoms with Gasteiger partial charge in [0.05, 0.1) is 6.61 Å². The molecule has 3 rings (SSSR count). The van der Waals surface area contributed by atoms with Crippen LogP contribution in [0, 0.1) is 5.92 Å². The monoisotopic (exact) mass is 343 g/mol. The normalized spacial score (nSPS) is 15.9. The number of hydrogen-bond donors (Lipinski definition) is 1. The van der Waals surface area contributed by atoms with Crippen molar-refractivity contribution in [1.29, 1.82) is 0 Å². The van der Waals surface area contributed by atoms with Crippen molar-refractivity contribution < 1.29 is 14.1 Å². The van der Waals surface area contributed by atoms with E-state index in [4.69, 9.17) is 9.26 Å². The van der Waals surface area contributed by atoms with Crippen LogP contribution in [0.5, 0.6) is 5.75 Å². The van der Waals surface area contributed by atoms with Crippen molar-refractivity contribution in [1.82, 2.24) is 15.5 Å². The maximum Gasteiger partial charge on any atom is 0.249 e. The molecular weight excluding hydrogens is 318 g/mol. The number of carbonyl (C=O) groups excluding carboxylic acids is 1. The molecule has 0 aliphatic heterocycles. The molecule has 1 heterocycles. The van der Waals surface area contributed by atoms with E-state index in [0.717, 1.165) is 30.6 Å². The first-order chi connectivity index (χ1) is 12.2. The van der Waals surface area contributed by atoms with Crippen molar-refractivity contribution in [3.63, 3.8) is 0 Å². The van der Waals surface area contributed by atoms with Crippen LogP contribution in [0.3, 0.4) is 0 Å². The largest absolute Gasteiger partial charge is 0.494 e. The van der Waals surface area contributed by atoms with Gasteiger partial charge in [-0.05, 0) is 37.3 Å². The molecule has 1 atom stereocenters. The molecule has 1 saturated carbocycles. The zero-order chi connectivity index (χ0) is 17.6. The van der Waals surface area contributed by atoms with E-state index in [-0.39, 0.29) is 11.9 Å². The van der Waals surface area contributed by atoms with Gasteiger partial charge in [0.2, 0.25) is 17.6 Å². The molecular formula is C19H25N3O3. The molecule has 1 amide bonds. The minimum absolute atomic E-state index is 0.0772. The summed E-state index contributed by atoms with van der Waals surface area (Å²) < 4.78 is 11.2. The first kappa shape index (κ1) is 17.5. The molecule has 6 nitrogen and oxygen atoms in total. The summed E-state index contributed by atoms with van der Waals surface area (Å²) in [6, 6.07) is 7.46. The molecule has 0 radical (unpaired) electrons. The van der Waals surface area contributed by atoms with E-state index in [1.54, 1.807) is 0 Å². The fourth-order valence-electron chi connectivity index (χ4n) is 3.31. The summed E-state index contributed by atoms with van der Waals surface area (Å²) in [5.74, 6) is 2.07. The van der Waals surface area contributed by atoms with Gasteiger partial charge in [-0.2, -0.15) is 4.98 Å². The summed E-state index contributed by atoms with van der Waals surface area (Å²) >= 11 is 0. The predicted octanol–water partition coefficient (Wildman–Crippen LogP) is 3.89. The van der Waals surface area contributed by atoms with E-state index in [0.29, 0.717) is 24.2 Å². The van der Waals surface area contributed by atoms with Gasteiger partial charge >= 0.3 is 0 Å². The number of ether oxygens (including phenoxy) is 1. The molecule has 6 heteroatoms. The minimum atomic E-state index is -0.208. The Balaban J connectivity index is 1.81. The summed E-state index contributed by atoms with van der Waals surface area (Å²) in [4.78, 5) is 16.1. The zero-order valence-corrected chi connectivity index (χ0v) is 14.8. The highest BCUT2D eigenvalue weighted by atomic mass is 16.5. The molecule has 25 heavy (non-hydrogen) atoms. The fourth-order valence-corrected chi connectivity index (χ4v) is 3.31. The zero-order valence-electron chi connectivity index (χ0n) is 14.8. The number of nitrogens with zero attached hydrogens (tertiary/aromatic N) is 2. The molecule has 0 bridgehead atoms. The number of rotatable bonds is 7. The molecule has 2 aromatic rings. The van der Waals surface area contributed by atoms with Crippen molar-refractivity contribution in [3.05, 3.63) is 30.2 Å². The summed E-state index contributed by atoms with van der Waals surface area (Å²) in [6.45, 7) is 4.27. The first-order valence-electron chi connectivity index (χ1n) is 9.01. The van der Waals surface area contributed by atoms with Crippen LogP contribution in [0.15, 0.2) is 28.8 Å². The van der Waals surface area contributed by atoms with Gasteiger partial charge in [0, 0.05) is 12.5 Å². The van der Waals surface area contributed by atoms with Crippen LogP contribution in [0.4, 0.5) is 0 Å².